The third-order valence-electron chi connectivity index (χ3n) is 3.42. The van der Waals surface area contributed by atoms with E-state index in [4.69, 9.17) is 0 Å². The number of nitrogens with zero attached hydrogens (tertiary/aromatic N) is 2. The maximum Gasteiger partial charge on any atom is 0.232 e. The Kier molecular flexibility index (Phi) is 5.23. The van der Waals surface area contributed by atoms with Crippen LogP contribution in [0.15, 0.2) is 18.3 Å². The summed E-state index contributed by atoms with van der Waals surface area (Å²) in [6.45, 7) is 3.92. The highest BCUT2D eigenvalue weighted by Crippen LogP contribution is 2.19. The van der Waals surface area contributed by atoms with Gasteiger partial charge < -0.3 is 4.90 Å². The first-order valence-electron chi connectivity index (χ1n) is 7.32. The minimum Gasteiger partial charge on any atom is -0.357 e. The molecule has 1 aliphatic heterocycles. The van der Waals surface area contributed by atoms with Gasteiger partial charge in [-0.05, 0) is 31.4 Å². The normalized spacial score (nSPS) is 16.8. The largest absolute Gasteiger partial charge is 0.357 e. The van der Waals surface area contributed by atoms with Crippen molar-refractivity contribution in [3.8, 4) is 0 Å². The lowest BCUT2D eigenvalue weighted by atomic mass is 10.2. The van der Waals surface area contributed by atoms with Crippen molar-refractivity contribution in [2.75, 3.05) is 28.5 Å². The standard InChI is InChI=1S/C14H23N3O2S/c1-2-11-20(18,19)16-13-7-8-14(15-12-13)17-9-5-3-4-6-10-17/h7-8,12,16H,2-6,9-11H2,1H3. The van der Waals surface area contributed by atoms with E-state index < -0.39 is 10.0 Å². The van der Waals surface area contributed by atoms with Crippen LogP contribution in [-0.2, 0) is 10.0 Å². The molecule has 0 unspecified atom stereocenters. The molecular weight excluding hydrogens is 274 g/mol. The van der Waals surface area contributed by atoms with E-state index in [0.717, 1.165) is 18.9 Å². The van der Waals surface area contributed by atoms with E-state index in [1.165, 1.54) is 25.7 Å². The number of anilines is 2. The summed E-state index contributed by atoms with van der Waals surface area (Å²) in [7, 11) is -3.23. The summed E-state index contributed by atoms with van der Waals surface area (Å²) in [5.74, 6) is 1.08. The van der Waals surface area contributed by atoms with E-state index in [0.29, 0.717) is 12.1 Å². The average molecular weight is 297 g/mol. The minimum atomic E-state index is -3.23. The molecule has 0 aromatic carbocycles. The highest BCUT2D eigenvalue weighted by atomic mass is 32.2. The van der Waals surface area contributed by atoms with E-state index in [-0.39, 0.29) is 5.75 Å². The number of aromatic nitrogens is 1. The lowest BCUT2D eigenvalue weighted by molar-refractivity contribution is 0.600. The quantitative estimate of drug-likeness (QED) is 0.907. The highest BCUT2D eigenvalue weighted by Gasteiger charge is 2.12. The maximum atomic E-state index is 11.7. The summed E-state index contributed by atoms with van der Waals surface area (Å²) in [5, 5.41) is 0. The third-order valence-corrected chi connectivity index (χ3v) is 4.92. The van der Waals surface area contributed by atoms with Crippen molar-refractivity contribution in [3.63, 3.8) is 0 Å². The molecule has 0 spiro atoms. The molecule has 1 N–H and O–H groups in total. The molecule has 1 aromatic rings. The molecule has 20 heavy (non-hydrogen) atoms. The molecule has 5 nitrogen and oxygen atoms in total. The summed E-state index contributed by atoms with van der Waals surface area (Å²) in [6, 6.07) is 3.69. The Labute approximate surface area is 121 Å². The zero-order valence-electron chi connectivity index (χ0n) is 12.0. The van der Waals surface area contributed by atoms with Gasteiger partial charge >= 0.3 is 0 Å². The van der Waals surface area contributed by atoms with Crippen molar-refractivity contribution in [1.29, 1.82) is 0 Å². The van der Waals surface area contributed by atoms with Crippen LogP contribution in [-0.4, -0.2) is 32.2 Å². The van der Waals surface area contributed by atoms with Crippen LogP contribution in [0.5, 0.6) is 0 Å². The fraction of sp³-hybridized carbons (Fsp3) is 0.643. The molecule has 0 radical (unpaired) electrons. The molecule has 1 aromatic heterocycles. The second-order valence-electron chi connectivity index (χ2n) is 5.23. The van der Waals surface area contributed by atoms with Gasteiger partial charge in [-0.15, -0.1) is 0 Å². The minimum absolute atomic E-state index is 0.140. The summed E-state index contributed by atoms with van der Waals surface area (Å²) in [4.78, 5) is 6.66. The molecule has 2 heterocycles. The van der Waals surface area contributed by atoms with E-state index >= 15 is 0 Å². The first-order valence-corrected chi connectivity index (χ1v) is 8.97. The first kappa shape index (κ1) is 15.1. The van der Waals surface area contributed by atoms with Crippen LogP contribution in [0, 0.1) is 0 Å². The Morgan fingerprint density at radius 1 is 1.20 bits per heavy atom. The van der Waals surface area contributed by atoms with Crippen LogP contribution >= 0.6 is 0 Å². The summed E-state index contributed by atoms with van der Waals surface area (Å²) in [6.07, 6.45) is 7.18. The van der Waals surface area contributed by atoms with Gasteiger partial charge in [-0.2, -0.15) is 0 Å². The van der Waals surface area contributed by atoms with E-state index in [9.17, 15) is 8.42 Å². The molecule has 0 bridgehead atoms. The average Bonchev–Trinajstić information content (AvgIpc) is 2.68. The topological polar surface area (TPSA) is 62.3 Å². The van der Waals surface area contributed by atoms with Crippen LogP contribution in [0.3, 0.4) is 0 Å². The van der Waals surface area contributed by atoms with Crippen molar-refractivity contribution in [1.82, 2.24) is 4.98 Å². The number of pyridine rings is 1. The first-order chi connectivity index (χ1) is 9.61. The third kappa shape index (κ3) is 4.37. The zero-order valence-corrected chi connectivity index (χ0v) is 12.8. The lowest BCUT2D eigenvalue weighted by Gasteiger charge is -2.21. The zero-order chi connectivity index (χ0) is 14.4. The molecule has 1 aliphatic rings. The van der Waals surface area contributed by atoms with Crippen molar-refractivity contribution < 1.29 is 8.42 Å². The maximum absolute atomic E-state index is 11.7. The van der Waals surface area contributed by atoms with Gasteiger partial charge in [0.2, 0.25) is 10.0 Å². The number of sulfonamides is 1. The smallest absolute Gasteiger partial charge is 0.232 e. The summed E-state index contributed by atoms with van der Waals surface area (Å²) in [5.41, 5.74) is 0.539. The molecule has 1 saturated heterocycles. The number of hydrogen-bond acceptors (Lipinski definition) is 4. The van der Waals surface area contributed by atoms with Gasteiger partial charge in [0, 0.05) is 13.1 Å². The highest BCUT2D eigenvalue weighted by molar-refractivity contribution is 7.92. The van der Waals surface area contributed by atoms with E-state index in [1.807, 2.05) is 13.0 Å². The predicted octanol–water partition coefficient (Wildman–Crippen LogP) is 2.61. The summed E-state index contributed by atoms with van der Waals surface area (Å²) < 4.78 is 25.9. The number of rotatable bonds is 5. The Bertz CT molecular complexity index is 506. The van der Waals surface area contributed by atoms with Gasteiger partial charge in [0.15, 0.2) is 0 Å². The van der Waals surface area contributed by atoms with Crippen LogP contribution in [0.4, 0.5) is 11.5 Å². The van der Waals surface area contributed by atoms with Crippen LogP contribution in [0.1, 0.15) is 39.0 Å². The van der Waals surface area contributed by atoms with Crippen LogP contribution in [0.25, 0.3) is 0 Å². The SMILES string of the molecule is CCCS(=O)(=O)Nc1ccc(N2CCCCCC2)nc1. The molecule has 0 atom stereocenters. The van der Waals surface area contributed by atoms with Gasteiger partial charge in [0.05, 0.1) is 17.6 Å². The molecule has 0 amide bonds. The Morgan fingerprint density at radius 2 is 1.90 bits per heavy atom. The van der Waals surface area contributed by atoms with Crippen molar-refractivity contribution in [3.05, 3.63) is 18.3 Å². The summed E-state index contributed by atoms with van der Waals surface area (Å²) >= 11 is 0. The molecule has 1 fully saturated rings. The van der Waals surface area contributed by atoms with Gasteiger partial charge in [-0.1, -0.05) is 19.8 Å². The lowest BCUT2D eigenvalue weighted by Crippen LogP contribution is -2.24. The molecule has 112 valence electrons. The molecular formula is C14H23N3O2S. The molecule has 0 aliphatic carbocycles. The number of nitrogens with one attached hydrogen (secondary N) is 1. The van der Waals surface area contributed by atoms with Crippen molar-refractivity contribution >= 4 is 21.5 Å². The van der Waals surface area contributed by atoms with E-state index in [1.54, 1.807) is 12.3 Å². The van der Waals surface area contributed by atoms with Gasteiger partial charge in [0.25, 0.3) is 0 Å². The van der Waals surface area contributed by atoms with E-state index in [2.05, 4.69) is 14.6 Å². The molecule has 6 heteroatoms. The van der Waals surface area contributed by atoms with Crippen molar-refractivity contribution in [2.24, 2.45) is 0 Å². The monoisotopic (exact) mass is 297 g/mol. The molecule has 0 saturated carbocycles. The van der Waals surface area contributed by atoms with Gasteiger partial charge in [-0.25, -0.2) is 13.4 Å². The second-order valence-corrected chi connectivity index (χ2v) is 7.07. The fourth-order valence-electron chi connectivity index (χ4n) is 2.43. The van der Waals surface area contributed by atoms with Crippen LogP contribution in [0.2, 0.25) is 0 Å². The number of hydrogen-bond donors (Lipinski definition) is 1. The van der Waals surface area contributed by atoms with Crippen molar-refractivity contribution in [2.45, 2.75) is 39.0 Å². The fourth-order valence-corrected chi connectivity index (χ4v) is 3.55. The predicted molar refractivity (Wildman–Crippen MR) is 82.6 cm³/mol. The Hall–Kier alpha value is -1.30. The second kappa shape index (κ2) is 6.92. The van der Waals surface area contributed by atoms with Gasteiger partial charge in [-0.3, -0.25) is 4.72 Å². The van der Waals surface area contributed by atoms with Gasteiger partial charge in [0.1, 0.15) is 5.82 Å². The van der Waals surface area contributed by atoms with Crippen LogP contribution < -0.4 is 9.62 Å². The Morgan fingerprint density at radius 3 is 2.45 bits per heavy atom. The Balaban J connectivity index is 2.02. The molecule has 2 rings (SSSR count).